The minimum atomic E-state index is -0.717. The molecule has 1 aliphatic heterocycles. The van der Waals surface area contributed by atoms with Crippen molar-refractivity contribution in [3.63, 3.8) is 0 Å². The topological polar surface area (TPSA) is 106 Å². The number of benzene rings is 2. The van der Waals surface area contributed by atoms with Gasteiger partial charge in [-0.05, 0) is 35.2 Å². The van der Waals surface area contributed by atoms with Crippen molar-refractivity contribution in [1.82, 2.24) is 15.5 Å². The minimum Gasteiger partial charge on any atom is -0.493 e. The lowest BCUT2D eigenvalue weighted by Gasteiger charge is -2.32. The lowest BCUT2D eigenvalue weighted by atomic mass is 9.98. The summed E-state index contributed by atoms with van der Waals surface area (Å²) in [6.07, 6.45) is 4.55. The molecule has 3 rings (SSSR count). The summed E-state index contributed by atoms with van der Waals surface area (Å²) in [5.41, 5.74) is 2.70. The van der Waals surface area contributed by atoms with Gasteiger partial charge in [0, 0.05) is 13.0 Å². The Kier molecular flexibility index (Phi) is 10.2. The Balaban J connectivity index is 1.64. The zero-order chi connectivity index (χ0) is 26.8. The third-order valence-corrected chi connectivity index (χ3v) is 6.36. The highest BCUT2D eigenvalue weighted by molar-refractivity contribution is 5.97. The first-order valence-corrected chi connectivity index (χ1v) is 12.6. The standard InChI is InChI=1S/C28H37N3O6/c1-5-6-7-8-13-29-25(32)17-31-18-26(33)30-22(28(31)34)14-19-9-11-20(12-10-19)21-15-23(35-2)27(37-4)24(16-21)36-3/h9-12,15-16,22H,5-8,13-14,17-18H2,1-4H3,(H,29,32)(H,30,33)/t22-/m1/s1. The van der Waals surface area contributed by atoms with Crippen molar-refractivity contribution in [2.45, 2.75) is 45.1 Å². The highest BCUT2D eigenvalue weighted by Gasteiger charge is 2.33. The van der Waals surface area contributed by atoms with Crippen LogP contribution < -0.4 is 24.8 Å². The predicted molar refractivity (Wildman–Crippen MR) is 141 cm³/mol. The molecule has 0 spiro atoms. The maximum Gasteiger partial charge on any atom is 0.246 e. The summed E-state index contributed by atoms with van der Waals surface area (Å²) >= 11 is 0. The van der Waals surface area contributed by atoms with E-state index >= 15 is 0 Å². The van der Waals surface area contributed by atoms with Gasteiger partial charge in [0.05, 0.1) is 21.3 Å². The van der Waals surface area contributed by atoms with Crippen LogP contribution in [0.3, 0.4) is 0 Å². The second-order valence-corrected chi connectivity index (χ2v) is 9.04. The molecule has 0 radical (unpaired) electrons. The summed E-state index contributed by atoms with van der Waals surface area (Å²) in [6, 6.07) is 10.7. The van der Waals surface area contributed by atoms with Gasteiger partial charge in [0.25, 0.3) is 0 Å². The Bertz CT molecular complexity index is 1060. The molecule has 0 aliphatic carbocycles. The Labute approximate surface area is 218 Å². The third-order valence-electron chi connectivity index (χ3n) is 6.36. The number of nitrogens with zero attached hydrogens (tertiary/aromatic N) is 1. The van der Waals surface area contributed by atoms with Crippen LogP contribution in [0.15, 0.2) is 36.4 Å². The second kappa shape index (κ2) is 13.5. The Morgan fingerprint density at radius 3 is 2.24 bits per heavy atom. The van der Waals surface area contributed by atoms with Gasteiger partial charge in [-0.15, -0.1) is 0 Å². The number of amides is 3. The molecule has 1 saturated heterocycles. The molecule has 2 N–H and O–H groups in total. The maximum atomic E-state index is 13.0. The smallest absolute Gasteiger partial charge is 0.246 e. The fraction of sp³-hybridized carbons (Fsp3) is 0.464. The van der Waals surface area contributed by atoms with Crippen molar-refractivity contribution in [2.75, 3.05) is 41.0 Å². The molecule has 1 fully saturated rings. The molecule has 0 bridgehead atoms. The van der Waals surface area contributed by atoms with E-state index in [1.54, 1.807) is 21.3 Å². The van der Waals surface area contributed by atoms with Gasteiger partial charge in [0.15, 0.2) is 11.5 Å². The number of piperazine rings is 1. The van der Waals surface area contributed by atoms with E-state index in [2.05, 4.69) is 17.6 Å². The van der Waals surface area contributed by atoms with E-state index < -0.39 is 6.04 Å². The van der Waals surface area contributed by atoms with E-state index in [0.717, 1.165) is 42.4 Å². The minimum absolute atomic E-state index is 0.112. The Hall–Kier alpha value is -3.75. The summed E-state index contributed by atoms with van der Waals surface area (Å²) < 4.78 is 16.3. The molecule has 0 saturated carbocycles. The lowest BCUT2D eigenvalue weighted by Crippen LogP contribution is -2.60. The Morgan fingerprint density at radius 2 is 1.65 bits per heavy atom. The van der Waals surface area contributed by atoms with Gasteiger partial charge in [0.1, 0.15) is 19.1 Å². The molecule has 200 valence electrons. The number of hydrogen-bond acceptors (Lipinski definition) is 6. The van der Waals surface area contributed by atoms with Gasteiger partial charge in [-0.2, -0.15) is 0 Å². The molecular formula is C28H37N3O6. The van der Waals surface area contributed by atoms with Gasteiger partial charge in [0.2, 0.25) is 23.5 Å². The van der Waals surface area contributed by atoms with E-state index in [4.69, 9.17) is 14.2 Å². The number of hydrogen-bond donors (Lipinski definition) is 2. The number of nitrogens with one attached hydrogen (secondary N) is 2. The largest absolute Gasteiger partial charge is 0.493 e. The first-order chi connectivity index (χ1) is 17.9. The number of carbonyl (C=O) groups is 3. The summed E-state index contributed by atoms with van der Waals surface area (Å²) in [5, 5.41) is 5.61. The lowest BCUT2D eigenvalue weighted by molar-refractivity contribution is -0.146. The van der Waals surface area contributed by atoms with Crippen molar-refractivity contribution < 1.29 is 28.6 Å². The molecule has 1 aliphatic rings. The number of carbonyl (C=O) groups excluding carboxylic acids is 3. The van der Waals surface area contributed by atoms with Crippen molar-refractivity contribution in [2.24, 2.45) is 0 Å². The van der Waals surface area contributed by atoms with Crippen LogP contribution in [0.2, 0.25) is 0 Å². The quantitative estimate of drug-likeness (QED) is 0.401. The fourth-order valence-corrected chi connectivity index (χ4v) is 4.37. The van der Waals surface area contributed by atoms with Gasteiger partial charge in [-0.3, -0.25) is 14.4 Å². The highest BCUT2D eigenvalue weighted by atomic mass is 16.5. The SMILES string of the molecule is CCCCCCNC(=O)CN1CC(=O)N[C@H](Cc2ccc(-c3cc(OC)c(OC)c(OC)c3)cc2)C1=O. The van der Waals surface area contributed by atoms with Crippen LogP contribution in [0.1, 0.15) is 38.2 Å². The number of unbranched alkanes of at least 4 members (excludes halogenated alkanes) is 3. The van der Waals surface area contributed by atoms with Crippen LogP contribution in [0.4, 0.5) is 0 Å². The average Bonchev–Trinajstić information content (AvgIpc) is 2.90. The fourth-order valence-electron chi connectivity index (χ4n) is 4.37. The van der Waals surface area contributed by atoms with Crippen molar-refractivity contribution in [3.8, 4) is 28.4 Å². The van der Waals surface area contributed by atoms with Gasteiger partial charge in [-0.25, -0.2) is 0 Å². The monoisotopic (exact) mass is 511 g/mol. The van der Waals surface area contributed by atoms with Gasteiger partial charge >= 0.3 is 0 Å². The van der Waals surface area contributed by atoms with E-state index in [1.165, 1.54) is 4.90 Å². The maximum absolute atomic E-state index is 13.0. The van der Waals surface area contributed by atoms with Crippen molar-refractivity contribution in [3.05, 3.63) is 42.0 Å². The molecular weight excluding hydrogens is 474 g/mol. The van der Waals surface area contributed by atoms with Crippen molar-refractivity contribution in [1.29, 1.82) is 0 Å². The molecule has 3 amide bonds. The average molecular weight is 512 g/mol. The molecule has 2 aromatic carbocycles. The van der Waals surface area contributed by atoms with Gasteiger partial charge in [-0.1, -0.05) is 50.5 Å². The highest BCUT2D eigenvalue weighted by Crippen LogP contribution is 2.41. The number of rotatable bonds is 13. The molecule has 1 heterocycles. The first-order valence-electron chi connectivity index (χ1n) is 12.6. The molecule has 2 aromatic rings. The van der Waals surface area contributed by atoms with Crippen LogP contribution in [0.5, 0.6) is 17.2 Å². The predicted octanol–water partition coefficient (Wildman–Crippen LogP) is 2.95. The first kappa shape index (κ1) is 27.8. The van der Waals surface area contributed by atoms with E-state index in [9.17, 15) is 14.4 Å². The zero-order valence-electron chi connectivity index (χ0n) is 22.1. The zero-order valence-corrected chi connectivity index (χ0v) is 22.1. The van der Waals surface area contributed by atoms with Gasteiger partial charge < -0.3 is 29.7 Å². The van der Waals surface area contributed by atoms with Crippen LogP contribution in [-0.4, -0.2) is 69.6 Å². The molecule has 0 aromatic heterocycles. The molecule has 1 atom stereocenters. The number of methoxy groups -OCH3 is 3. The summed E-state index contributed by atoms with van der Waals surface area (Å²) in [7, 11) is 4.70. The van der Waals surface area contributed by atoms with Crippen LogP contribution >= 0.6 is 0 Å². The third kappa shape index (κ3) is 7.38. The molecule has 0 unspecified atom stereocenters. The van der Waals surface area contributed by atoms with E-state index in [1.807, 2.05) is 36.4 Å². The second-order valence-electron chi connectivity index (χ2n) is 9.04. The van der Waals surface area contributed by atoms with Crippen LogP contribution in [0, 0.1) is 0 Å². The van der Waals surface area contributed by atoms with E-state index in [-0.39, 0.29) is 30.8 Å². The molecule has 37 heavy (non-hydrogen) atoms. The van der Waals surface area contributed by atoms with Crippen LogP contribution in [0.25, 0.3) is 11.1 Å². The number of ether oxygens (including phenoxy) is 3. The molecule has 9 heteroatoms. The summed E-state index contributed by atoms with van der Waals surface area (Å²) in [5.74, 6) is 0.867. The van der Waals surface area contributed by atoms with E-state index in [0.29, 0.717) is 30.2 Å². The summed E-state index contributed by atoms with van der Waals surface area (Å²) in [6.45, 7) is 2.48. The summed E-state index contributed by atoms with van der Waals surface area (Å²) in [4.78, 5) is 38.9. The van der Waals surface area contributed by atoms with Crippen LogP contribution in [-0.2, 0) is 20.8 Å². The Morgan fingerprint density at radius 1 is 0.973 bits per heavy atom. The normalized spacial score (nSPS) is 15.2. The van der Waals surface area contributed by atoms with Crippen molar-refractivity contribution >= 4 is 17.7 Å². The molecule has 9 nitrogen and oxygen atoms in total.